The lowest BCUT2D eigenvalue weighted by Crippen LogP contribution is -2.37. The molecule has 5 nitrogen and oxygen atoms in total. The number of anilines is 1. The van der Waals surface area contributed by atoms with Crippen LogP contribution in [0, 0.1) is 17.2 Å². The Labute approximate surface area is 94.4 Å². The van der Waals surface area contributed by atoms with E-state index in [1.54, 1.807) is 6.20 Å². The van der Waals surface area contributed by atoms with E-state index in [4.69, 9.17) is 5.26 Å². The average Bonchev–Trinajstić information content (AvgIpc) is 2.27. The summed E-state index contributed by atoms with van der Waals surface area (Å²) in [5.74, 6) is 1.30. The Morgan fingerprint density at radius 3 is 2.75 bits per heavy atom. The van der Waals surface area contributed by atoms with Crippen LogP contribution in [-0.4, -0.2) is 34.8 Å². The molecule has 1 fully saturated rings. The highest BCUT2D eigenvalue weighted by atomic mass is 16.3. The topological polar surface area (TPSA) is 73.0 Å². The highest BCUT2D eigenvalue weighted by Crippen LogP contribution is 2.28. The number of aliphatic hydroxyl groups is 1. The summed E-state index contributed by atoms with van der Waals surface area (Å²) in [6.45, 7) is 0.873. The Kier molecular flexibility index (Phi) is 3.02. The summed E-state index contributed by atoms with van der Waals surface area (Å²) in [5.41, 5.74) is 0.330. The zero-order valence-corrected chi connectivity index (χ0v) is 9.17. The van der Waals surface area contributed by atoms with Crippen LogP contribution in [0.25, 0.3) is 0 Å². The summed E-state index contributed by atoms with van der Waals surface area (Å²) >= 11 is 0. The smallest absolute Gasteiger partial charge is 0.158 e. The maximum atomic E-state index is 9.19. The minimum absolute atomic E-state index is 0.120. The number of nitriles is 1. The van der Waals surface area contributed by atoms with Crippen LogP contribution in [0.4, 0.5) is 5.82 Å². The molecule has 0 saturated heterocycles. The lowest BCUT2D eigenvalue weighted by molar-refractivity contribution is 0.0464. The van der Waals surface area contributed by atoms with Gasteiger partial charge in [-0.15, -0.1) is 0 Å². The van der Waals surface area contributed by atoms with Gasteiger partial charge in [-0.2, -0.15) is 5.26 Å². The second-order valence-corrected chi connectivity index (χ2v) is 4.24. The largest absolute Gasteiger partial charge is 0.393 e. The van der Waals surface area contributed by atoms with Crippen LogP contribution in [0.1, 0.15) is 18.5 Å². The van der Waals surface area contributed by atoms with Crippen LogP contribution < -0.4 is 4.90 Å². The summed E-state index contributed by atoms with van der Waals surface area (Å²) in [6, 6.07) is 1.94. The third-order valence-corrected chi connectivity index (χ3v) is 2.89. The van der Waals surface area contributed by atoms with Gasteiger partial charge in [0.25, 0.3) is 0 Å². The molecule has 16 heavy (non-hydrogen) atoms. The maximum absolute atomic E-state index is 9.19. The Balaban J connectivity index is 1.93. The molecular weight excluding hydrogens is 204 g/mol. The highest BCUT2D eigenvalue weighted by Gasteiger charge is 2.28. The van der Waals surface area contributed by atoms with Crippen LogP contribution in [0.3, 0.4) is 0 Å². The van der Waals surface area contributed by atoms with Crippen molar-refractivity contribution in [2.45, 2.75) is 18.9 Å². The molecule has 1 aromatic heterocycles. The van der Waals surface area contributed by atoms with Gasteiger partial charge in [0.05, 0.1) is 18.5 Å². The van der Waals surface area contributed by atoms with Crippen molar-refractivity contribution in [1.82, 2.24) is 9.97 Å². The summed E-state index contributed by atoms with van der Waals surface area (Å²) in [7, 11) is 1.95. The van der Waals surface area contributed by atoms with Crippen LogP contribution >= 0.6 is 0 Å². The Bertz CT molecular complexity index is 391. The number of aliphatic hydroxyl groups excluding tert-OH is 1. The van der Waals surface area contributed by atoms with Gasteiger partial charge < -0.3 is 10.0 Å². The van der Waals surface area contributed by atoms with Gasteiger partial charge in [-0.3, -0.25) is 0 Å². The van der Waals surface area contributed by atoms with Crippen molar-refractivity contribution in [3.8, 4) is 6.07 Å². The van der Waals surface area contributed by atoms with E-state index >= 15 is 0 Å². The SMILES string of the molecule is CN(CC1CC(O)C1)c1cnc(C#N)cn1. The number of rotatable bonds is 3. The van der Waals surface area contributed by atoms with Crippen molar-refractivity contribution in [3.05, 3.63) is 18.1 Å². The highest BCUT2D eigenvalue weighted by molar-refractivity contribution is 5.36. The van der Waals surface area contributed by atoms with Gasteiger partial charge in [-0.25, -0.2) is 9.97 Å². The van der Waals surface area contributed by atoms with Crippen LogP contribution in [-0.2, 0) is 0 Å². The predicted molar refractivity (Wildman–Crippen MR) is 58.7 cm³/mol. The van der Waals surface area contributed by atoms with Gasteiger partial charge in [-0.05, 0) is 18.8 Å². The van der Waals surface area contributed by atoms with Crippen molar-refractivity contribution in [1.29, 1.82) is 5.26 Å². The van der Waals surface area contributed by atoms with Crippen LogP contribution in [0.2, 0.25) is 0 Å². The predicted octanol–water partition coefficient (Wildman–Crippen LogP) is 0.555. The third kappa shape index (κ3) is 2.28. The van der Waals surface area contributed by atoms with Crippen molar-refractivity contribution in [2.24, 2.45) is 5.92 Å². The van der Waals surface area contributed by atoms with E-state index < -0.39 is 0 Å². The number of nitrogens with zero attached hydrogens (tertiary/aromatic N) is 4. The third-order valence-electron chi connectivity index (χ3n) is 2.89. The molecule has 0 atom stereocenters. The number of hydrogen-bond donors (Lipinski definition) is 1. The van der Waals surface area contributed by atoms with Gasteiger partial charge in [0.2, 0.25) is 0 Å². The number of hydrogen-bond acceptors (Lipinski definition) is 5. The molecule has 2 rings (SSSR count). The first-order valence-corrected chi connectivity index (χ1v) is 5.30. The molecule has 1 N–H and O–H groups in total. The molecule has 0 radical (unpaired) electrons. The fourth-order valence-corrected chi connectivity index (χ4v) is 1.91. The average molecular weight is 218 g/mol. The zero-order valence-electron chi connectivity index (χ0n) is 9.17. The summed E-state index contributed by atoms with van der Waals surface area (Å²) in [4.78, 5) is 10.1. The molecule has 0 aromatic carbocycles. The first-order chi connectivity index (χ1) is 7.69. The van der Waals surface area contributed by atoms with E-state index in [2.05, 4.69) is 9.97 Å². The fourth-order valence-electron chi connectivity index (χ4n) is 1.91. The van der Waals surface area contributed by atoms with Crippen molar-refractivity contribution in [3.63, 3.8) is 0 Å². The molecule has 0 aliphatic heterocycles. The molecule has 1 heterocycles. The molecule has 1 aromatic rings. The van der Waals surface area contributed by atoms with Gasteiger partial charge in [-0.1, -0.05) is 0 Å². The van der Waals surface area contributed by atoms with E-state index in [1.807, 2.05) is 18.0 Å². The Morgan fingerprint density at radius 1 is 1.50 bits per heavy atom. The van der Waals surface area contributed by atoms with E-state index in [9.17, 15) is 5.11 Å². The first kappa shape index (κ1) is 10.8. The Morgan fingerprint density at radius 2 is 2.25 bits per heavy atom. The lowest BCUT2D eigenvalue weighted by Gasteiger charge is -2.34. The molecule has 0 spiro atoms. The minimum atomic E-state index is -0.120. The quantitative estimate of drug-likeness (QED) is 0.802. The molecular formula is C11H14N4O. The van der Waals surface area contributed by atoms with Crippen molar-refractivity contribution in [2.75, 3.05) is 18.5 Å². The van der Waals surface area contributed by atoms with E-state index in [1.165, 1.54) is 6.20 Å². The lowest BCUT2D eigenvalue weighted by atomic mass is 9.82. The minimum Gasteiger partial charge on any atom is -0.393 e. The standard InChI is InChI=1S/C11H14N4O/c1-15(7-8-2-10(16)3-8)11-6-13-9(4-12)5-14-11/h5-6,8,10,16H,2-3,7H2,1H3. The van der Waals surface area contributed by atoms with Gasteiger partial charge in [0.1, 0.15) is 11.9 Å². The molecule has 0 unspecified atom stereocenters. The van der Waals surface area contributed by atoms with Gasteiger partial charge in [0, 0.05) is 13.6 Å². The summed E-state index contributed by atoms with van der Waals surface area (Å²) < 4.78 is 0. The van der Waals surface area contributed by atoms with Crippen LogP contribution in [0.15, 0.2) is 12.4 Å². The molecule has 1 aliphatic carbocycles. The molecule has 0 bridgehead atoms. The molecule has 5 heteroatoms. The second-order valence-electron chi connectivity index (χ2n) is 4.24. The normalized spacial score (nSPS) is 23.3. The van der Waals surface area contributed by atoms with Gasteiger partial charge in [0.15, 0.2) is 5.69 Å². The molecule has 1 saturated carbocycles. The first-order valence-electron chi connectivity index (χ1n) is 5.30. The second kappa shape index (κ2) is 4.45. The van der Waals surface area contributed by atoms with E-state index in [0.29, 0.717) is 11.6 Å². The summed E-state index contributed by atoms with van der Waals surface area (Å²) in [5, 5.41) is 17.8. The zero-order chi connectivity index (χ0) is 11.5. The maximum Gasteiger partial charge on any atom is 0.158 e. The number of aromatic nitrogens is 2. The summed E-state index contributed by atoms with van der Waals surface area (Å²) in [6.07, 6.45) is 4.70. The van der Waals surface area contributed by atoms with E-state index in [0.717, 1.165) is 25.2 Å². The molecule has 0 amide bonds. The van der Waals surface area contributed by atoms with Crippen molar-refractivity contribution < 1.29 is 5.11 Å². The van der Waals surface area contributed by atoms with Crippen molar-refractivity contribution >= 4 is 5.82 Å². The molecule has 84 valence electrons. The van der Waals surface area contributed by atoms with Crippen LogP contribution in [0.5, 0.6) is 0 Å². The fraction of sp³-hybridized carbons (Fsp3) is 0.545. The Hall–Kier alpha value is -1.67. The van der Waals surface area contributed by atoms with E-state index in [-0.39, 0.29) is 6.10 Å². The van der Waals surface area contributed by atoms with Gasteiger partial charge >= 0.3 is 0 Å². The molecule has 1 aliphatic rings. The monoisotopic (exact) mass is 218 g/mol.